The number of hydrogen-bond acceptors (Lipinski definition) is 6. The second-order valence-corrected chi connectivity index (χ2v) is 3.36. The van der Waals surface area contributed by atoms with Gasteiger partial charge in [-0.15, -0.1) is 5.10 Å². The monoisotopic (exact) mass is 219 g/mol. The lowest BCUT2D eigenvalue weighted by Crippen LogP contribution is -2.01. The van der Waals surface area contributed by atoms with Gasteiger partial charge in [0.2, 0.25) is 0 Å². The molecule has 1 unspecified atom stereocenters. The Hall–Kier alpha value is -2.02. The fourth-order valence-electron chi connectivity index (χ4n) is 1.47. The molecular formula is C9H9N5O2. The molecule has 0 amide bonds. The van der Waals surface area contributed by atoms with E-state index in [1.165, 1.54) is 11.0 Å². The molecule has 2 aromatic heterocycles. The van der Waals surface area contributed by atoms with Crippen molar-refractivity contribution >= 4 is 0 Å². The fraction of sp³-hybridized carbons (Fsp3) is 0.333. The normalized spacial score (nSPS) is 18.4. The van der Waals surface area contributed by atoms with Crippen LogP contribution in [0.1, 0.15) is 11.7 Å². The molecule has 7 nitrogen and oxygen atoms in total. The number of nitrogens with zero attached hydrogens (tertiary/aromatic N) is 5. The van der Waals surface area contributed by atoms with Gasteiger partial charge in [0, 0.05) is 17.8 Å². The van der Waals surface area contributed by atoms with Crippen LogP contribution in [0.4, 0.5) is 0 Å². The third kappa shape index (κ3) is 1.50. The molecule has 2 aromatic rings. The Morgan fingerprint density at radius 1 is 1.56 bits per heavy atom. The molecule has 0 bridgehead atoms. The summed E-state index contributed by atoms with van der Waals surface area (Å²) in [6.45, 7) is 0.724. The van der Waals surface area contributed by atoms with Crippen LogP contribution in [0, 0.1) is 0 Å². The highest BCUT2D eigenvalue weighted by Gasteiger charge is 2.28. The van der Waals surface area contributed by atoms with Crippen molar-refractivity contribution in [2.45, 2.75) is 6.10 Å². The van der Waals surface area contributed by atoms with Gasteiger partial charge in [-0.2, -0.15) is 4.68 Å². The molecule has 0 spiro atoms. The first-order valence-corrected chi connectivity index (χ1v) is 4.77. The van der Waals surface area contributed by atoms with Gasteiger partial charge in [-0.25, -0.2) is 4.98 Å². The van der Waals surface area contributed by atoms with Crippen LogP contribution in [-0.4, -0.2) is 38.9 Å². The maximum absolute atomic E-state index is 5.28. The molecule has 1 atom stereocenters. The van der Waals surface area contributed by atoms with Gasteiger partial charge in [0.15, 0.2) is 5.82 Å². The summed E-state index contributed by atoms with van der Waals surface area (Å²) < 4.78 is 12.0. The summed E-state index contributed by atoms with van der Waals surface area (Å²) in [5.74, 6) is 1.36. The van der Waals surface area contributed by atoms with Gasteiger partial charge >= 0.3 is 0 Å². The van der Waals surface area contributed by atoms with Crippen molar-refractivity contribution < 1.29 is 9.47 Å². The minimum absolute atomic E-state index is 0.116. The lowest BCUT2D eigenvalue weighted by molar-refractivity contribution is 0.382. The maximum atomic E-state index is 5.28. The van der Waals surface area contributed by atoms with Crippen molar-refractivity contribution in [3.05, 3.63) is 24.2 Å². The van der Waals surface area contributed by atoms with Gasteiger partial charge in [-0.05, 0) is 10.4 Å². The molecule has 1 aliphatic rings. The van der Waals surface area contributed by atoms with Gasteiger partial charge in [0.1, 0.15) is 18.2 Å². The molecule has 3 rings (SSSR count). The van der Waals surface area contributed by atoms with Crippen molar-refractivity contribution in [2.24, 2.45) is 0 Å². The Morgan fingerprint density at radius 2 is 2.44 bits per heavy atom. The minimum Gasteiger partial charge on any atom is -0.496 e. The largest absolute Gasteiger partial charge is 0.496 e. The summed E-state index contributed by atoms with van der Waals surface area (Å²) in [4.78, 5) is 4.25. The zero-order chi connectivity index (χ0) is 11.0. The molecule has 1 fully saturated rings. The van der Waals surface area contributed by atoms with E-state index in [1.807, 2.05) is 0 Å². The standard InChI is InChI=1S/C9H9N5O2/c1-15-7-2-9(14-5-11-12-13-14)10-3-6(7)8-4-16-8/h2-3,5,8H,4H2,1H3. The quantitative estimate of drug-likeness (QED) is 0.683. The van der Waals surface area contributed by atoms with E-state index in [9.17, 15) is 0 Å². The molecule has 16 heavy (non-hydrogen) atoms. The average molecular weight is 219 g/mol. The van der Waals surface area contributed by atoms with Gasteiger partial charge in [-0.1, -0.05) is 0 Å². The van der Waals surface area contributed by atoms with E-state index < -0.39 is 0 Å². The van der Waals surface area contributed by atoms with Crippen LogP contribution < -0.4 is 4.74 Å². The van der Waals surface area contributed by atoms with Crippen LogP contribution in [0.5, 0.6) is 5.75 Å². The Bertz CT molecular complexity index is 495. The first-order valence-electron chi connectivity index (χ1n) is 4.77. The number of ether oxygens (including phenoxy) is 2. The van der Waals surface area contributed by atoms with Crippen molar-refractivity contribution in [1.82, 2.24) is 25.2 Å². The zero-order valence-corrected chi connectivity index (χ0v) is 8.57. The SMILES string of the molecule is COc1cc(-n2cnnn2)ncc1C1CO1. The van der Waals surface area contributed by atoms with Crippen LogP contribution in [0.15, 0.2) is 18.6 Å². The second-order valence-electron chi connectivity index (χ2n) is 3.36. The van der Waals surface area contributed by atoms with E-state index in [0.717, 1.165) is 17.9 Å². The number of epoxide rings is 1. The van der Waals surface area contributed by atoms with Gasteiger partial charge in [0.25, 0.3) is 0 Å². The molecule has 0 saturated carbocycles. The second kappa shape index (κ2) is 3.53. The number of methoxy groups -OCH3 is 1. The van der Waals surface area contributed by atoms with E-state index in [4.69, 9.17) is 9.47 Å². The van der Waals surface area contributed by atoms with Gasteiger partial charge in [0.05, 0.1) is 13.7 Å². The van der Waals surface area contributed by atoms with Crippen molar-refractivity contribution in [1.29, 1.82) is 0 Å². The molecule has 0 radical (unpaired) electrons. The molecule has 3 heterocycles. The predicted molar refractivity (Wildman–Crippen MR) is 52.2 cm³/mol. The van der Waals surface area contributed by atoms with E-state index in [1.54, 1.807) is 19.4 Å². The maximum Gasteiger partial charge on any atom is 0.160 e. The lowest BCUT2D eigenvalue weighted by atomic mass is 10.2. The number of pyridine rings is 1. The highest BCUT2D eigenvalue weighted by Crippen LogP contribution is 2.36. The van der Waals surface area contributed by atoms with Crippen molar-refractivity contribution in [3.8, 4) is 11.6 Å². The van der Waals surface area contributed by atoms with Crippen LogP contribution in [0.25, 0.3) is 5.82 Å². The summed E-state index contributed by atoms with van der Waals surface area (Å²) in [7, 11) is 1.62. The molecule has 1 aliphatic heterocycles. The van der Waals surface area contributed by atoms with Crippen LogP contribution in [-0.2, 0) is 4.74 Å². The minimum atomic E-state index is 0.116. The summed E-state index contributed by atoms with van der Waals surface area (Å²) in [5, 5.41) is 10.9. The number of aromatic nitrogens is 5. The van der Waals surface area contributed by atoms with E-state index in [0.29, 0.717) is 5.82 Å². The highest BCUT2D eigenvalue weighted by molar-refractivity contribution is 5.40. The summed E-state index contributed by atoms with van der Waals surface area (Å²) in [5.41, 5.74) is 0.958. The highest BCUT2D eigenvalue weighted by atomic mass is 16.6. The first kappa shape index (κ1) is 9.22. The smallest absolute Gasteiger partial charge is 0.160 e. The Morgan fingerprint density at radius 3 is 3.06 bits per heavy atom. The van der Waals surface area contributed by atoms with E-state index >= 15 is 0 Å². The van der Waals surface area contributed by atoms with E-state index in [2.05, 4.69) is 20.5 Å². The predicted octanol–water partition coefficient (Wildman–Crippen LogP) is 0.137. The Labute approximate surface area is 91.0 Å². The molecule has 0 N–H and O–H groups in total. The lowest BCUT2D eigenvalue weighted by Gasteiger charge is -2.07. The number of hydrogen-bond donors (Lipinski definition) is 0. The molecule has 0 aromatic carbocycles. The Balaban J connectivity index is 2.02. The van der Waals surface area contributed by atoms with Gasteiger partial charge < -0.3 is 9.47 Å². The van der Waals surface area contributed by atoms with Crippen LogP contribution in [0.3, 0.4) is 0 Å². The first-order chi connectivity index (χ1) is 7.88. The summed E-state index contributed by atoms with van der Waals surface area (Å²) in [6.07, 6.45) is 3.33. The average Bonchev–Trinajstić information content (AvgIpc) is 3.03. The van der Waals surface area contributed by atoms with Crippen molar-refractivity contribution in [3.63, 3.8) is 0 Å². The van der Waals surface area contributed by atoms with Crippen molar-refractivity contribution in [2.75, 3.05) is 13.7 Å². The van der Waals surface area contributed by atoms with E-state index in [-0.39, 0.29) is 6.10 Å². The molecule has 82 valence electrons. The van der Waals surface area contributed by atoms with Crippen LogP contribution in [0.2, 0.25) is 0 Å². The van der Waals surface area contributed by atoms with Gasteiger partial charge in [-0.3, -0.25) is 0 Å². The number of rotatable bonds is 3. The Kier molecular flexibility index (Phi) is 2.03. The summed E-state index contributed by atoms with van der Waals surface area (Å²) >= 11 is 0. The van der Waals surface area contributed by atoms with Crippen LogP contribution >= 0.6 is 0 Å². The molecular weight excluding hydrogens is 210 g/mol. The topological polar surface area (TPSA) is 78.2 Å². The summed E-state index contributed by atoms with van der Waals surface area (Å²) in [6, 6.07) is 1.79. The molecule has 7 heteroatoms. The zero-order valence-electron chi connectivity index (χ0n) is 8.57. The number of tetrazole rings is 1. The third-order valence-electron chi connectivity index (χ3n) is 2.36. The third-order valence-corrected chi connectivity index (χ3v) is 2.36. The molecule has 0 aliphatic carbocycles. The fourth-order valence-corrected chi connectivity index (χ4v) is 1.47. The molecule has 1 saturated heterocycles.